The average molecular weight is 296 g/mol. The molecule has 1 saturated carbocycles. The van der Waals surface area contributed by atoms with Gasteiger partial charge < -0.3 is 5.32 Å². The molecule has 2 atom stereocenters. The third-order valence-electron chi connectivity index (χ3n) is 4.13. The molecule has 0 aliphatic heterocycles. The zero-order valence-electron chi connectivity index (χ0n) is 11.0. The summed E-state index contributed by atoms with van der Waals surface area (Å²) in [5.74, 6) is 1.55. The highest BCUT2D eigenvalue weighted by Crippen LogP contribution is 2.33. The van der Waals surface area contributed by atoms with Crippen molar-refractivity contribution in [3.05, 3.63) is 28.2 Å². The molecule has 0 amide bonds. The summed E-state index contributed by atoms with van der Waals surface area (Å²) in [6.07, 6.45) is 4.10. The van der Waals surface area contributed by atoms with Crippen LogP contribution in [0.1, 0.15) is 38.7 Å². The molecular weight excluding hydrogens is 274 g/mol. The third-order valence-corrected chi connectivity index (χ3v) is 4.99. The molecule has 2 rings (SSSR count). The summed E-state index contributed by atoms with van der Waals surface area (Å²) in [6, 6.07) is 7.02. The number of benzene rings is 1. The zero-order chi connectivity index (χ0) is 12.4. The molecule has 1 aliphatic rings. The van der Waals surface area contributed by atoms with Gasteiger partial charge in [0.1, 0.15) is 0 Å². The normalized spacial score (nSPS) is 29.1. The molecule has 94 valence electrons. The first-order valence-electron chi connectivity index (χ1n) is 6.61. The molecule has 1 aliphatic carbocycles. The first kappa shape index (κ1) is 12.9. The van der Waals surface area contributed by atoms with Crippen LogP contribution in [0.15, 0.2) is 22.7 Å². The van der Waals surface area contributed by atoms with Crippen LogP contribution in [-0.2, 0) is 0 Å². The third kappa shape index (κ3) is 2.85. The van der Waals surface area contributed by atoms with E-state index in [1.54, 1.807) is 0 Å². The predicted molar refractivity (Wildman–Crippen MR) is 78.5 cm³/mol. The SMILES string of the molecule is Cc1c(Br)cccc1NC1C(C)CCCC1C. The van der Waals surface area contributed by atoms with Crippen LogP contribution < -0.4 is 5.32 Å². The van der Waals surface area contributed by atoms with Crippen molar-refractivity contribution in [1.82, 2.24) is 0 Å². The van der Waals surface area contributed by atoms with Crippen molar-refractivity contribution in [3.8, 4) is 0 Å². The molecule has 1 nitrogen and oxygen atoms in total. The van der Waals surface area contributed by atoms with Crippen molar-refractivity contribution in [1.29, 1.82) is 0 Å². The zero-order valence-corrected chi connectivity index (χ0v) is 12.5. The van der Waals surface area contributed by atoms with E-state index in [0.717, 1.165) is 11.8 Å². The van der Waals surface area contributed by atoms with Gasteiger partial charge in [-0.25, -0.2) is 0 Å². The second-order valence-corrected chi connectivity index (χ2v) is 6.32. The van der Waals surface area contributed by atoms with E-state index in [1.807, 2.05) is 0 Å². The summed E-state index contributed by atoms with van der Waals surface area (Å²) in [4.78, 5) is 0. The van der Waals surface area contributed by atoms with Crippen molar-refractivity contribution in [2.24, 2.45) is 11.8 Å². The molecule has 2 unspecified atom stereocenters. The van der Waals surface area contributed by atoms with Gasteiger partial charge in [-0.15, -0.1) is 0 Å². The van der Waals surface area contributed by atoms with E-state index in [9.17, 15) is 0 Å². The molecule has 2 heteroatoms. The van der Waals surface area contributed by atoms with Crippen molar-refractivity contribution in [2.45, 2.75) is 46.1 Å². The Labute approximate surface area is 113 Å². The number of halogens is 1. The van der Waals surface area contributed by atoms with Crippen LogP contribution in [0.25, 0.3) is 0 Å². The van der Waals surface area contributed by atoms with Crippen LogP contribution >= 0.6 is 15.9 Å². The highest BCUT2D eigenvalue weighted by atomic mass is 79.9. The minimum Gasteiger partial charge on any atom is -0.382 e. The van der Waals surface area contributed by atoms with Crippen molar-refractivity contribution < 1.29 is 0 Å². The molecule has 0 aromatic heterocycles. The Bertz CT molecular complexity index is 379. The average Bonchev–Trinajstić information content (AvgIpc) is 2.29. The Kier molecular flexibility index (Phi) is 4.13. The van der Waals surface area contributed by atoms with E-state index in [0.29, 0.717) is 6.04 Å². The van der Waals surface area contributed by atoms with Crippen LogP contribution in [0.3, 0.4) is 0 Å². The number of hydrogen-bond acceptors (Lipinski definition) is 1. The summed E-state index contributed by atoms with van der Waals surface area (Å²) in [7, 11) is 0. The number of anilines is 1. The fraction of sp³-hybridized carbons (Fsp3) is 0.600. The van der Waals surface area contributed by atoms with E-state index in [1.165, 1.54) is 35.0 Å². The molecule has 1 aromatic rings. The van der Waals surface area contributed by atoms with Gasteiger partial charge in [0.2, 0.25) is 0 Å². The first-order chi connectivity index (χ1) is 8.09. The second-order valence-electron chi connectivity index (χ2n) is 5.47. The van der Waals surface area contributed by atoms with E-state index >= 15 is 0 Å². The first-order valence-corrected chi connectivity index (χ1v) is 7.40. The van der Waals surface area contributed by atoms with E-state index in [2.05, 4.69) is 60.2 Å². The van der Waals surface area contributed by atoms with Crippen molar-refractivity contribution in [3.63, 3.8) is 0 Å². The second kappa shape index (κ2) is 5.43. The van der Waals surface area contributed by atoms with Gasteiger partial charge in [0.05, 0.1) is 0 Å². The van der Waals surface area contributed by atoms with Crippen LogP contribution in [0.4, 0.5) is 5.69 Å². The molecule has 1 fully saturated rings. The molecule has 1 N–H and O–H groups in total. The lowest BCUT2D eigenvalue weighted by molar-refractivity contribution is 0.268. The molecule has 0 saturated heterocycles. The number of rotatable bonds is 2. The topological polar surface area (TPSA) is 12.0 Å². The smallest absolute Gasteiger partial charge is 0.0383 e. The predicted octanol–water partition coefficient (Wildman–Crippen LogP) is 4.99. The highest BCUT2D eigenvalue weighted by Gasteiger charge is 2.27. The molecule has 0 heterocycles. The largest absolute Gasteiger partial charge is 0.382 e. The maximum Gasteiger partial charge on any atom is 0.0383 e. The summed E-state index contributed by atoms with van der Waals surface area (Å²) in [5, 5.41) is 3.76. The van der Waals surface area contributed by atoms with Crippen molar-refractivity contribution in [2.75, 3.05) is 5.32 Å². The molecule has 1 aromatic carbocycles. The van der Waals surface area contributed by atoms with Gasteiger partial charge in [0, 0.05) is 16.2 Å². The Morgan fingerprint density at radius 2 is 1.82 bits per heavy atom. The fourth-order valence-corrected chi connectivity index (χ4v) is 3.28. The van der Waals surface area contributed by atoms with E-state index in [-0.39, 0.29) is 0 Å². The maximum absolute atomic E-state index is 3.76. The van der Waals surface area contributed by atoms with Gasteiger partial charge in [-0.2, -0.15) is 0 Å². The van der Waals surface area contributed by atoms with Gasteiger partial charge in [-0.05, 0) is 49.3 Å². The van der Waals surface area contributed by atoms with Gasteiger partial charge in [0.15, 0.2) is 0 Å². The van der Waals surface area contributed by atoms with Gasteiger partial charge >= 0.3 is 0 Å². The fourth-order valence-electron chi connectivity index (χ4n) is 2.91. The summed E-state index contributed by atoms with van der Waals surface area (Å²) >= 11 is 3.60. The molecule has 0 spiro atoms. The highest BCUT2D eigenvalue weighted by molar-refractivity contribution is 9.10. The monoisotopic (exact) mass is 295 g/mol. The van der Waals surface area contributed by atoms with E-state index < -0.39 is 0 Å². The van der Waals surface area contributed by atoms with Crippen LogP contribution in [0.2, 0.25) is 0 Å². The Morgan fingerprint density at radius 3 is 2.47 bits per heavy atom. The molecule has 0 radical (unpaired) electrons. The molecular formula is C15H22BrN. The minimum absolute atomic E-state index is 0.622. The van der Waals surface area contributed by atoms with Gasteiger partial charge in [-0.1, -0.05) is 42.3 Å². The molecule has 17 heavy (non-hydrogen) atoms. The Hall–Kier alpha value is -0.500. The summed E-state index contributed by atoms with van der Waals surface area (Å²) in [6.45, 7) is 6.92. The summed E-state index contributed by atoms with van der Waals surface area (Å²) in [5.41, 5.74) is 2.60. The van der Waals surface area contributed by atoms with Gasteiger partial charge in [-0.3, -0.25) is 0 Å². The summed E-state index contributed by atoms with van der Waals surface area (Å²) < 4.78 is 1.19. The lowest BCUT2D eigenvalue weighted by atomic mass is 9.78. The Balaban J connectivity index is 2.16. The van der Waals surface area contributed by atoms with Gasteiger partial charge in [0.25, 0.3) is 0 Å². The minimum atomic E-state index is 0.622. The standard InChI is InChI=1S/C15H22BrN/c1-10-6-4-7-11(2)15(10)17-14-9-5-8-13(16)12(14)3/h5,8-11,15,17H,4,6-7H2,1-3H3. The maximum atomic E-state index is 3.76. The quantitative estimate of drug-likeness (QED) is 0.810. The van der Waals surface area contributed by atoms with Crippen LogP contribution in [-0.4, -0.2) is 6.04 Å². The lowest BCUT2D eigenvalue weighted by Crippen LogP contribution is -2.37. The number of hydrogen-bond donors (Lipinski definition) is 1. The Morgan fingerprint density at radius 1 is 1.18 bits per heavy atom. The molecule has 0 bridgehead atoms. The number of nitrogens with one attached hydrogen (secondary N) is 1. The van der Waals surface area contributed by atoms with Crippen LogP contribution in [0, 0.1) is 18.8 Å². The van der Waals surface area contributed by atoms with E-state index in [4.69, 9.17) is 0 Å². The van der Waals surface area contributed by atoms with Crippen LogP contribution in [0.5, 0.6) is 0 Å². The lowest BCUT2D eigenvalue weighted by Gasteiger charge is -2.36. The van der Waals surface area contributed by atoms with Crippen molar-refractivity contribution >= 4 is 21.6 Å².